The first kappa shape index (κ1) is 21.2. The molecule has 2 N–H and O–H groups in total. The van der Waals surface area contributed by atoms with Crippen LogP contribution in [0.3, 0.4) is 0 Å². The Kier molecular flexibility index (Phi) is 6.46. The Labute approximate surface area is 179 Å². The molecule has 2 aliphatic carbocycles. The van der Waals surface area contributed by atoms with Gasteiger partial charge >= 0.3 is 6.61 Å². The lowest BCUT2D eigenvalue weighted by Gasteiger charge is -2.22. The molecule has 4 rings (SSSR count). The minimum Gasteiger partial charge on any atom is -0.433 e. The number of halogens is 2. The summed E-state index contributed by atoms with van der Waals surface area (Å²) in [5, 5.41) is 5.64. The van der Waals surface area contributed by atoms with Gasteiger partial charge in [-0.25, -0.2) is 0 Å². The highest BCUT2D eigenvalue weighted by Gasteiger charge is 2.30. The molecule has 6 nitrogen and oxygen atoms in total. The number of amides is 2. The molecule has 2 amide bonds. The number of carbonyl (C=O) groups excluding carboxylic acids is 2. The molecule has 0 heterocycles. The van der Waals surface area contributed by atoms with E-state index in [9.17, 15) is 18.4 Å². The van der Waals surface area contributed by atoms with Crippen LogP contribution in [0.5, 0.6) is 5.75 Å². The molecule has 8 heteroatoms. The molecule has 0 saturated heterocycles. The van der Waals surface area contributed by atoms with Gasteiger partial charge in [-0.2, -0.15) is 8.78 Å². The standard InChI is InChI=1S/C23H25F2N3O3/c24-23(25)31-20-4-2-1-3-19(20)27-21(29)14-28(18-11-12-18)13-15-5-7-16(8-6-15)22(30)26-17-9-10-17/h1-8,17-18,23H,9-14H2,(H,26,30)(H,27,29). The molecule has 0 bridgehead atoms. The third-order valence-electron chi connectivity index (χ3n) is 5.30. The van der Waals surface area contributed by atoms with E-state index in [0.717, 1.165) is 31.2 Å². The van der Waals surface area contributed by atoms with E-state index in [4.69, 9.17) is 0 Å². The van der Waals surface area contributed by atoms with Crippen LogP contribution >= 0.6 is 0 Å². The smallest absolute Gasteiger partial charge is 0.387 e. The molecule has 0 aromatic heterocycles. The number of hydrogen-bond acceptors (Lipinski definition) is 4. The van der Waals surface area contributed by atoms with Crippen LogP contribution < -0.4 is 15.4 Å². The van der Waals surface area contributed by atoms with E-state index < -0.39 is 6.61 Å². The summed E-state index contributed by atoms with van der Waals surface area (Å²) in [6.45, 7) is -2.26. The maximum absolute atomic E-state index is 12.6. The predicted octanol–water partition coefficient (Wildman–Crippen LogP) is 3.78. The molecule has 2 saturated carbocycles. The Morgan fingerprint density at radius 2 is 1.74 bits per heavy atom. The van der Waals surface area contributed by atoms with Crippen LogP contribution in [0.4, 0.5) is 14.5 Å². The summed E-state index contributed by atoms with van der Waals surface area (Å²) < 4.78 is 29.6. The van der Waals surface area contributed by atoms with Gasteiger partial charge in [-0.1, -0.05) is 24.3 Å². The van der Waals surface area contributed by atoms with Gasteiger partial charge in [-0.05, 0) is 55.5 Å². The van der Waals surface area contributed by atoms with E-state index in [1.165, 1.54) is 12.1 Å². The Balaban J connectivity index is 1.35. The quantitative estimate of drug-likeness (QED) is 0.603. The highest BCUT2D eigenvalue weighted by Crippen LogP contribution is 2.29. The van der Waals surface area contributed by atoms with Crippen molar-refractivity contribution in [2.75, 3.05) is 11.9 Å². The van der Waals surface area contributed by atoms with Crippen LogP contribution in [-0.4, -0.2) is 42.0 Å². The van der Waals surface area contributed by atoms with Crippen molar-refractivity contribution in [2.24, 2.45) is 0 Å². The fraction of sp³-hybridized carbons (Fsp3) is 0.391. The van der Waals surface area contributed by atoms with Crippen molar-refractivity contribution in [3.05, 3.63) is 59.7 Å². The zero-order valence-electron chi connectivity index (χ0n) is 17.0. The lowest BCUT2D eigenvalue weighted by molar-refractivity contribution is -0.117. The Morgan fingerprint density at radius 3 is 2.39 bits per heavy atom. The number of hydrogen-bond donors (Lipinski definition) is 2. The van der Waals surface area contributed by atoms with E-state index >= 15 is 0 Å². The fourth-order valence-corrected chi connectivity index (χ4v) is 3.39. The lowest BCUT2D eigenvalue weighted by Crippen LogP contribution is -2.34. The first-order chi connectivity index (χ1) is 15.0. The highest BCUT2D eigenvalue weighted by atomic mass is 19.3. The van der Waals surface area contributed by atoms with Crippen LogP contribution in [-0.2, 0) is 11.3 Å². The molecule has 0 spiro atoms. The summed E-state index contributed by atoms with van der Waals surface area (Å²) in [5.41, 5.74) is 1.85. The third kappa shape index (κ3) is 6.24. The number of benzene rings is 2. The summed E-state index contributed by atoms with van der Waals surface area (Å²) in [6, 6.07) is 14.2. The summed E-state index contributed by atoms with van der Waals surface area (Å²) in [6.07, 6.45) is 4.11. The van der Waals surface area contributed by atoms with Gasteiger partial charge in [0.1, 0.15) is 5.75 Å². The van der Waals surface area contributed by atoms with Crippen molar-refractivity contribution in [1.82, 2.24) is 10.2 Å². The van der Waals surface area contributed by atoms with Crippen molar-refractivity contribution >= 4 is 17.5 Å². The minimum atomic E-state index is -2.96. The summed E-state index contributed by atoms with van der Waals surface area (Å²) in [7, 11) is 0. The number of nitrogens with one attached hydrogen (secondary N) is 2. The van der Waals surface area contributed by atoms with Crippen LogP contribution in [0.2, 0.25) is 0 Å². The molecule has 2 fully saturated rings. The zero-order valence-corrected chi connectivity index (χ0v) is 17.0. The molecular weight excluding hydrogens is 404 g/mol. The SMILES string of the molecule is O=C(CN(Cc1ccc(C(=O)NC2CC2)cc1)C1CC1)Nc1ccccc1OC(F)F. The van der Waals surface area contributed by atoms with Gasteiger partial charge in [0, 0.05) is 24.2 Å². The summed E-state index contributed by atoms with van der Waals surface area (Å²) in [4.78, 5) is 26.8. The number of anilines is 1. The van der Waals surface area contributed by atoms with E-state index in [-0.39, 0.29) is 29.8 Å². The molecule has 2 aliphatic rings. The maximum atomic E-state index is 12.6. The second-order valence-electron chi connectivity index (χ2n) is 8.00. The number of ether oxygens (including phenoxy) is 1. The molecular formula is C23H25F2N3O3. The number of para-hydroxylation sites is 2. The molecule has 31 heavy (non-hydrogen) atoms. The molecule has 2 aromatic carbocycles. The number of nitrogens with zero attached hydrogens (tertiary/aromatic N) is 1. The van der Waals surface area contributed by atoms with Crippen LogP contribution in [0, 0.1) is 0 Å². The van der Waals surface area contributed by atoms with Gasteiger partial charge in [-0.3, -0.25) is 14.5 Å². The average molecular weight is 429 g/mol. The minimum absolute atomic E-state index is 0.0582. The Bertz CT molecular complexity index is 928. The number of rotatable bonds is 10. The van der Waals surface area contributed by atoms with E-state index in [1.54, 1.807) is 24.3 Å². The Hall–Kier alpha value is -3.00. The molecule has 0 aliphatic heterocycles. The normalized spacial score (nSPS) is 15.7. The van der Waals surface area contributed by atoms with Gasteiger partial charge in [0.05, 0.1) is 12.2 Å². The Morgan fingerprint density at radius 1 is 1.03 bits per heavy atom. The molecule has 2 aromatic rings. The fourth-order valence-electron chi connectivity index (χ4n) is 3.39. The monoisotopic (exact) mass is 429 g/mol. The van der Waals surface area contributed by atoms with E-state index in [2.05, 4.69) is 20.3 Å². The van der Waals surface area contributed by atoms with Gasteiger partial charge in [0.15, 0.2) is 0 Å². The van der Waals surface area contributed by atoms with Crippen molar-refractivity contribution in [3.8, 4) is 5.75 Å². The third-order valence-corrected chi connectivity index (χ3v) is 5.30. The molecule has 0 unspecified atom stereocenters. The first-order valence-corrected chi connectivity index (χ1v) is 10.5. The largest absolute Gasteiger partial charge is 0.433 e. The van der Waals surface area contributed by atoms with Crippen LogP contribution in [0.25, 0.3) is 0 Å². The number of alkyl halides is 2. The average Bonchev–Trinajstić information content (AvgIpc) is 3.64. The molecule has 0 radical (unpaired) electrons. The van der Waals surface area contributed by atoms with Crippen LogP contribution in [0.15, 0.2) is 48.5 Å². The summed E-state index contributed by atoms with van der Waals surface area (Å²) in [5.74, 6) is -0.418. The zero-order chi connectivity index (χ0) is 21.8. The van der Waals surface area contributed by atoms with Crippen molar-refractivity contribution in [3.63, 3.8) is 0 Å². The van der Waals surface area contributed by atoms with Gasteiger partial charge in [0.2, 0.25) is 5.91 Å². The van der Waals surface area contributed by atoms with Crippen molar-refractivity contribution in [2.45, 2.75) is 50.9 Å². The van der Waals surface area contributed by atoms with Gasteiger partial charge < -0.3 is 15.4 Å². The summed E-state index contributed by atoms with van der Waals surface area (Å²) >= 11 is 0. The van der Waals surface area contributed by atoms with E-state index in [1.807, 2.05) is 12.1 Å². The van der Waals surface area contributed by atoms with Crippen molar-refractivity contribution in [1.29, 1.82) is 0 Å². The maximum Gasteiger partial charge on any atom is 0.387 e. The van der Waals surface area contributed by atoms with Gasteiger partial charge in [-0.15, -0.1) is 0 Å². The molecule has 164 valence electrons. The lowest BCUT2D eigenvalue weighted by atomic mass is 10.1. The van der Waals surface area contributed by atoms with Crippen LogP contribution in [0.1, 0.15) is 41.6 Å². The predicted molar refractivity (Wildman–Crippen MR) is 112 cm³/mol. The van der Waals surface area contributed by atoms with Crippen molar-refractivity contribution < 1.29 is 23.1 Å². The van der Waals surface area contributed by atoms with Gasteiger partial charge in [0.25, 0.3) is 5.91 Å². The second kappa shape index (κ2) is 9.43. The topological polar surface area (TPSA) is 70.7 Å². The second-order valence-corrected chi connectivity index (χ2v) is 8.00. The van der Waals surface area contributed by atoms with E-state index in [0.29, 0.717) is 24.2 Å². The first-order valence-electron chi connectivity index (χ1n) is 10.5. The highest BCUT2D eigenvalue weighted by molar-refractivity contribution is 5.94. The number of carbonyl (C=O) groups is 2. The molecule has 0 atom stereocenters.